The van der Waals surface area contributed by atoms with Crippen molar-refractivity contribution in [1.29, 1.82) is 0 Å². The smallest absolute Gasteiger partial charge is 0.155 e. The van der Waals surface area contributed by atoms with Crippen molar-refractivity contribution in [3.05, 3.63) is 0 Å². The Balaban J connectivity index is 2.66. The molecular formula is C6H13O2P. The van der Waals surface area contributed by atoms with E-state index in [-0.39, 0.29) is 8.46 Å². The van der Waals surface area contributed by atoms with Crippen LogP contribution >= 0.6 is 8.46 Å². The Kier molecular flexibility index (Phi) is 8.11. The normalized spacial score (nSPS) is 10.3. The Labute approximate surface area is 57.8 Å². The van der Waals surface area contributed by atoms with Gasteiger partial charge in [-0.3, -0.25) is 4.57 Å². The number of ether oxygens (including phenoxy) is 1. The molecule has 0 aromatic heterocycles. The molecule has 3 heteroatoms. The fourth-order valence-electron chi connectivity index (χ4n) is 0.600. The van der Waals surface area contributed by atoms with Gasteiger partial charge in [-0.2, -0.15) is 0 Å². The molecule has 0 aromatic carbocycles. The first-order valence-electron chi connectivity index (χ1n) is 3.20. The first-order valence-corrected chi connectivity index (χ1v) is 4.19. The molecule has 0 saturated heterocycles. The van der Waals surface area contributed by atoms with Crippen LogP contribution in [0.5, 0.6) is 0 Å². The monoisotopic (exact) mass is 148 g/mol. The van der Waals surface area contributed by atoms with Crippen molar-refractivity contribution in [2.45, 2.75) is 19.3 Å². The molecule has 0 radical (unpaired) electrons. The third-order valence-electron chi connectivity index (χ3n) is 1.10. The summed E-state index contributed by atoms with van der Waals surface area (Å²) < 4.78 is 14.7. The SMILES string of the molecule is COCCCCCP=O. The van der Waals surface area contributed by atoms with E-state index in [2.05, 4.69) is 0 Å². The minimum Gasteiger partial charge on any atom is -0.385 e. The van der Waals surface area contributed by atoms with Crippen LogP contribution in [0.3, 0.4) is 0 Å². The Bertz CT molecular complexity index is 66.1. The first-order chi connectivity index (χ1) is 4.41. The van der Waals surface area contributed by atoms with Gasteiger partial charge < -0.3 is 4.74 Å². The van der Waals surface area contributed by atoms with Gasteiger partial charge in [0.25, 0.3) is 0 Å². The zero-order valence-corrected chi connectivity index (χ0v) is 6.69. The summed E-state index contributed by atoms with van der Waals surface area (Å²) in [5, 5.41) is 0. The molecule has 0 aromatic rings. The van der Waals surface area contributed by atoms with Gasteiger partial charge in [0.15, 0.2) is 8.46 Å². The minimum absolute atomic E-state index is 0.274. The van der Waals surface area contributed by atoms with Gasteiger partial charge in [-0.15, -0.1) is 0 Å². The van der Waals surface area contributed by atoms with Crippen LogP contribution in [0.25, 0.3) is 0 Å². The van der Waals surface area contributed by atoms with Gasteiger partial charge in [0, 0.05) is 19.9 Å². The summed E-state index contributed by atoms with van der Waals surface area (Å²) in [6, 6.07) is 0. The average molecular weight is 148 g/mol. The lowest BCUT2D eigenvalue weighted by Crippen LogP contribution is -1.87. The number of methoxy groups -OCH3 is 1. The molecule has 0 spiro atoms. The van der Waals surface area contributed by atoms with Crippen LogP contribution < -0.4 is 0 Å². The van der Waals surface area contributed by atoms with Crippen LogP contribution in [-0.2, 0) is 9.30 Å². The molecule has 54 valence electrons. The highest BCUT2D eigenvalue weighted by Gasteiger charge is 1.86. The largest absolute Gasteiger partial charge is 0.385 e. The summed E-state index contributed by atoms with van der Waals surface area (Å²) in [7, 11) is 1.97. The van der Waals surface area contributed by atoms with Gasteiger partial charge in [0.2, 0.25) is 0 Å². The topological polar surface area (TPSA) is 26.3 Å². The summed E-state index contributed by atoms with van der Waals surface area (Å²) in [5.74, 6) is 0. The summed E-state index contributed by atoms with van der Waals surface area (Å²) in [6.07, 6.45) is 4.06. The lowest BCUT2D eigenvalue weighted by Gasteiger charge is -1.94. The maximum Gasteiger partial charge on any atom is 0.155 e. The van der Waals surface area contributed by atoms with Crippen molar-refractivity contribution in [3.8, 4) is 0 Å². The van der Waals surface area contributed by atoms with Gasteiger partial charge in [0.05, 0.1) is 0 Å². The lowest BCUT2D eigenvalue weighted by atomic mass is 10.3. The lowest BCUT2D eigenvalue weighted by molar-refractivity contribution is 0.192. The van der Waals surface area contributed by atoms with Gasteiger partial charge in [-0.05, 0) is 12.8 Å². The maximum atomic E-state index is 9.90. The molecule has 0 atom stereocenters. The molecule has 0 amide bonds. The quantitative estimate of drug-likeness (QED) is 0.426. The highest BCUT2D eigenvalue weighted by molar-refractivity contribution is 7.23. The van der Waals surface area contributed by atoms with E-state index in [1.807, 2.05) is 0 Å². The second-order valence-corrected chi connectivity index (χ2v) is 2.61. The minimum atomic E-state index is 0.274. The molecule has 0 saturated carbocycles. The van der Waals surface area contributed by atoms with Crippen molar-refractivity contribution in [1.82, 2.24) is 0 Å². The van der Waals surface area contributed by atoms with Crippen LogP contribution in [0.15, 0.2) is 0 Å². The fourth-order valence-corrected chi connectivity index (χ4v) is 0.952. The molecule has 0 N–H and O–H groups in total. The van der Waals surface area contributed by atoms with Gasteiger partial charge in [-0.25, -0.2) is 0 Å². The maximum absolute atomic E-state index is 9.90. The summed E-state index contributed by atoms with van der Waals surface area (Å²) >= 11 is 0. The first kappa shape index (κ1) is 9.06. The van der Waals surface area contributed by atoms with Crippen LogP contribution in [0, 0.1) is 0 Å². The number of hydrogen-bond donors (Lipinski definition) is 0. The molecule has 0 rings (SSSR count). The van der Waals surface area contributed by atoms with E-state index < -0.39 is 0 Å². The van der Waals surface area contributed by atoms with Crippen LogP contribution in [-0.4, -0.2) is 19.9 Å². The highest BCUT2D eigenvalue weighted by Crippen LogP contribution is 2.01. The predicted octanol–water partition coefficient (Wildman–Crippen LogP) is 2.09. The molecule has 0 fully saturated rings. The van der Waals surface area contributed by atoms with Gasteiger partial charge in [-0.1, -0.05) is 6.42 Å². The molecule has 0 unspecified atom stereocenters. The zero-order valence-electron chi connectivity index (χ0n) is 5.80. The second kappa shape index (κ2) is 8.06. The van der Waals surface area contributed by atoms with E-state index in [1.54, 1.807) is 7.11 Å². The standard InChI is InChI=1S/C6H13O2P/c1-8-5-3-2-4-6-9-7/h2-6H2,1H3. The van der Waals surface area contributed by atoms with E-state index in [4.69, 9.17) is 4.74 Å². The fraction of sp³-hybridized carbons (Fsp3) is 1.00. The third-order valence-corrected chi connectivity index (χ3v) is 1.60. The molecule has 0 aliphatic carbocycles. The summed E-state index contributed by atoms with van der Waals surface area (Å²) in [4.78, 5) is 0. The van der Waals surface area contributed by atoms with Crippen molar-refractivity contribution in [2.24, 2.45) is 0 Å². The molecule has 0 aliphatic rings. The number of hydrogen-bond acceptors (Lipinski definition) is 2. The Morgan fingerprint density at radius 2 is 2.11 bits per heavy atom. The van der Waals surface area contributed by atoms with E-state index >= 15 is 0 Å². The van der Waals surface area contributed by atoms with Crippen molar-refractivity contribution >= 4 is 8.46 Å². The Morgan fingerprint density at radius 1 is 1.33 bits per heavy atom. The number of unbranched alkanes of at least 4 members (excludes halogenated alkanes) is 2. The van der Waals surface area contributed by atoms with Crippen LogP contribution in [0.1, 0.15) is 19.3 Å². The molecule has 0 aliphatic heterocycles. The summed E-state index contributed by atoms with van der Waals surface area (Å²) in [6.45, 7) is 0.829. The molecule has 2 nitrogen and oxygen atoms in total. The molecular weight excluding hydrogens is 135 g/mol. The third kappa shape index (κ3) is 8.06. The van der Waals surface area contributed by atoms with Gasteiger partial charge in [0.1, 0.15) is 0 Å². The average Bonchev–Trinajstić information content (AvgIpc) is 1.89. The summed E-state index contributed by atoms with van der Waals surface area (Å²) in [5.41, 5.74) is 0. The molecule has 9 heavy (non-hydrogen) atoms. The van der Waals surface area contributed by atoms with Crippen LogP contribution in [0.4, 0.5) is 0 Å². The zero-order chi connectivity index (χ0) is 6.95. The Morgan fingerprint density at radius 3 is 2.67 bits per heavy atom. The van der Waals surface area contributed by atoms with Crippen molar-refractivity contribution in [2.75, 3.05) is 19.9 Å². The highest BCUT2D eigenvalue weighted by atomic mass is 31.1. The van der Waals surface area contributed by atoms with Crippen LogP contribution in [0.2, 0.25) is 0 Å². The van der Waals surface area contributed by atoms with E-state index in [0.29, 0.717) is 0 Å². The van der Waals surface area contributed by atoms with Crippen molar-refractivity contribution in [3.63, 3.8) is 0 Å². The number of rotatable bonds is 6. The predicted molar refractivity (Wildman–Crippen MR) is 38.2 cm³/mol. The van der Waals surface area contributed by atoms with Crippen molar-refractivity contribution < 1.29 is 9.30 Å². The Hall–Kier alpha value is 0.0600. The van der Waals surface area contributed by atoms with Gasteiger partial charge >= 0.3 is 0 Å². The van der Waals surface area contributed by atoms with E-state index in [1.165, 1.54) is 0 Å². The van der Waals surface area contributed by atoms with E-state index in [0.717, 1.165) is 32.0 Å². The molecule has 0 heterocycles. The second-order valence-electron chi connectivity index (χ2n) is 1.91. The molecule has 0 bridgehead atoms. The van der Waals surface area contributed by atoms with E-state index in [9.17, 15) is 4.57 Å².